The second-order valence-corrected chi connectivity index (χ2v) is 6.53. The summed E-state index contributed by atoms with van der Waals surface area (Å²) in [6.45, 7) is 6.04. The Hall–Kier alpha value is -1.66. The lowest BCUT2D eigenvalue weighted by Crippen LogP contribution is -2.45. The average molecular weight is 362 g/mol. The first-order valence-electron chi connectivity index (χ1n) is 7.42. The van der Waals surface area contributed by atoms with E-state index < -0.39 is 0 Å². The first-order valence-corrected chi connectivity index (χ1v) is 8.21. The van der Waals surface area contributed by atoms with E-state index in [1.165, 1.54) is 0 Å². The first kappa shape index (κ1) is 15.2. The average Bonchev–Trinajstić information content (AvgIpc) is 2.50. The van der Waals surface area contributed by atoms with E-state index in [2.05, 4.69) is 48.1 Å². The monoisotopic (exact) mass is 361 g/mol. The number of hydrogen-bond donors (Lipinski definition) is 1. The molecule has 0 saturated carbocycles. The van der Waals surface area contributed by atoms with Crippen molar-refractivity contribution in [3.8, 4) is 0 Å². The lowest BCUT2D eigenvalue weighted by molar-refractivity contribution is 0.311. The van der Waals surface area contributed by atoms with E-state index in [0.29, 0.717) is 0 Å². The summed E-state index contributed by atoms with van der Waals surface area (Å²) >= 11 is 3.45. The molecular formula is C16H20BrN5. The summed E-state index contributed by atoms with van der Waals surface area (Å²) in [6, 6.07) is 10.0. The highest BCUT2D eigenvalue weighted by molar-refractivity contribution is 9.10. The van der Waals surface area contributed by atoms with Crippen molar-refractivity contribution in [2.75, 3.05) is 43.4 Å². The fourth-order valence-electron chi connectivity index (χ4n) is 2.45. The SMILES string of the molecule is Cc1cc(Nc2ccc(Br)cc2)nc(N2CCN(C)CC2)n1. The number of likely N-dealkylation sites (N-methyl/N-ethyl adjacent to an activating group) is 1. The highest BCUT2D eigenvalue weighted by atomic mass is 79.9. The lowest BCUT2D eigenvalue weighted by Gasteiger charge is -2.32. The number of nitrogens with one attached hydrogen (secondary N) is 1. The Balaban J connectivity index is 1.79. The summed E-state index contributed by atoms with van der Waals surface area (Å²) in [5.41, 5.74) is 1.99. The zero-order valence-electron chi connectivity index (χ0n) is 12.9. The van der Waals surface area contributed by atoms with Crippen LogP contribution in [0.1, 0.15) is 5.69 Å². The van der Waals surface area contributed by atoms with Crippen LogP contribution in [0.5, 0.6) is 0 Å². The smallest absolute Gasteiger partial charge is 0.227 e. The van der Waals surface area contributed by atoms with Gasteiger partial charge in [0.15, 0.2) is 0 Å². The van der Waals surface area contributed by atoms with Gasteiger partial charge in [0.2, 0.25) is 5.95 Å². The number of anilines is 3. The minimum absolute atomic E-state index is 0.813. The Labute approximate surface area is 139 Å². The molecule has 22 heavy (non-hydrogen) atoms. The predicted molar refractivity (Wildman–Crippen MR) is 93.9 cm³/mol. The molecule has 0 aliphatic carbocycles. The van der Waals surface area contributed by atoms with Crippen LogP contribution >= 0.6 is 15.9 Å². The second-order valence-electron chi connectivity index (χ2n) is 5.62. The fraction of sp³-hybridized carbons (Fsp3) is 0.375. The van der Waals surface area contributed by atoms with E-state index in [9.17, 15) is 0 Å². The molecule has 3 rings (SSSR count). The van der Waals surface area contributed by atoms with Gasteiger partial charge in [0.25, 0.3) is 0 Å². The number of hydrogen-bond acceptors (Lipinski definition) is 5. The van der Waals surface area contributed by atoms with Crippen LogP contribution in [0, 0.1) is 6.92 Å². The largest absolute Gasteiger partial charge is 0.340 e. The molecule has 0 bridgehead atoms. The van der Waals surface area contributed by atoms with Gasteiger partial charge in [0.1, 0.15) is 5.82 Å². The molecule has 1 aromatic carbocycles. The maximum Gasteiger partial charge on any atom is 0.227 e. The van der Waals surface area contributed by atoms with Gasteiger partial charge in [-0.1, -0.05) is 15.9 Å². The number of aromatic nitrogens is 2. The number of aryl methyl sites for hydroxylation is 1. The minimum Gasteiger partial charge on any atom is -0.340 e. The van der Waals surface area contributed by atoms with Gasteiger partial charge in [-0.2, -0.15) is 4.98 Å². The molecule has 1 N–H and O–H groups in total. The van der Waals surface area contributed by atoms with E-state index in [1.807, 2.05) is 37.3 Å². The van der Waals surface area contributed by atoms with Gasteiger partial charge in [-0.05, 0) is 38.2 Å². The van der Waals surface area contributed by atoms with Crippen molar-refractivity contribution in [3.05, 3.63) is 40.5 Å². The zero-order valence-corrected chi connectivity index (χ0v) is 14.5. The molecule has 1 aliphatic rings. The van der Waals surface area contributed by atoms with Crippen molar-refractivity contribution in [2.45, 2.75) is 6.92 Å². The molecule has 116 valence electrons. The highest BCUT2D eigenvalue weighted by Crippen LogP contribution is 2.21. The fourth-order valence-corrected chi connectivity index (χ4v) is 2.71. The van der Waals surface area contributed by atoms with E-state index in [1.54, 1.807) is 0 Å². The van der Waals surface area contributed by atoms with Crippen molar-refractivity contribution in [1.29, 1.82) is 0 Å². The van der Waals surface area contributed by atoms with Crippen LogP contribution in [0.3, 0.4) is 0 Å². The van der Waals surface area contributed by atoms with Crippen molar-refractivity contribution < 1.29 is 0 Å². The number of benzene rings is 1. The van der Waals surface area contributed by atoms with Crippen molar-refractivity contribution >= 4 is 33.4 Å². The van der Waals surface area contributed by atoms with Crippen molar-refractivity contribution in [3.63, 3.8) is 0 Å². The summed E-state index contributed by atoms with van der Waals surface area (Å²) in [7, 11) is 2.15. The normalized spacial score (nSPS) is 15.9. The molecule has 2 heterocycles. The molecule has 6 heteroatoms. The highest BCUT2D eigenvalue weighted by Gasteiger charge is 2.17. The third-order valence-electron chi connectivity index (χ3n) is 3.75. The molecule has 1 aromatic heterocycles. The van der Waals surface area contributed by atoms with E-state index >= 15 is 0 Å². The van der Waals surface area contributed by atoms with Crippen LogP contribution in [0.15, 0.2) is 34.8 Å². The van der Waals surface area contributed by atoms with E-state index in [-0.39, 0.29) is 0 Å². The maximum atomic E-state index is 4.67. The summed E-state index contributed by atoms with van der Waals surface area (Å²) in [6.07, 6.45) is 0. The van der Waals surface area contributed by atoms with Crippen molar-refractivity contribution in [2.24, 2.45) is 0 Å². The van der Waals surface area contributed by atoms with Gasteiger partial charge >= 0.3 is 0 Å². The van der Waals surface area contributed by atoms with Crippen LogP contribution < -0.4 is 10.2 Å². The van der Waals surface area contributed by atoms with Gasteiger partial charge in [0.05, 0.1) is 0 Å². The van der Waals surface area contributed by atoms with E-state index in [0.717, 1.165) is 53.8 Å². The summed E-state index contributed by atoms with van der Waals surface area (Å²) in [5.74, 6) is 1.65. The third kappa shape index (κ3) is 3.75. The Morgan fingerprint density at radius 3 is 2.41 bits per heavy atom. The Morgan fingerprint density at radius 2 is 1.73 bits per heavy atom. The molecule has 5 nitrogen and oxygen atoms in total. The van der Waals surface area contributed by atoms with E-state index in [4.69, 9.17) is 0 Å². The van der Waals surface area contributed by atoms with Crippen LogP contribution in [0.4, 0.5) is 17.5 Å². The van der Waals surface area contributed by atoms with Gasteiger partial charge in [-0.15, -0.1) is 0 Å². The quantitative estimate of drug-likeness (QED) is 0.909. The third-order valence-corrected chi connectivity index (χ3v) is 4.27. The summed E-state index contributed by atoms with van der Waals surface area (Å²) in [4.78, 5) is 13.8. The van der Waals surface area contributed by atoms with Gasteiger partial charge in [-0.3, -0.25) is 0 Å². The minimum atomic E-state index is 0.813. The van der Waals surface area contributed by atoms with Crippen LogP contribution in [-0.2, 0) is 0 Å². The second kappa shape index (κ2) is 6.62. The predicted octanol–water partition coefficient (Wildman–Crippen LogP) is 3.04. The Bertz CT molecular complexity index is 635. The van der Waals surface area contributed by atoms with Gasteiger partial charge in [-0.25, -0.2) is 4.98 Å². The van der Waals surface area contributed by atoms with Gasteiger partial charge < -0.3 is 15.1 Å². The van der Waals surface area contributed by atoms with Crippen LogP contribution in [-0.4, -0.2) is 48.1 Å². The number of halogens is 1. The van der Waals surface area contributed by atoms with Gasteiger partial charge in [0, 0.05) is 48.1 Å². The van der Waals surface area contributed by atoms with Crippen LogP contribution in [0.25, 0.3) is 0 Å². The van der Waals surface area contributed by atoms with Crippen LogP contribution in [0.2, 0.25) is 0 Å². The number of piperazine rings is 1. The van der Waals surface area contributed by atoms with Crippen molar-refractivity contribution in [1.82, 2.24) is 14.9 Å². The molecule has 0 unspecified atom stereocenters. The molecule has 0 spiro atoms. The lowest BCUT2D eigenvalue weighted by atomic mass is 10.3. The molecule has 0 radical (unpaired) electrons. The molecule has 0 amide bonds. The topological polar surface area (TPSA) is 44.3 Å². The zero-order chi connectivity index (χ0) is 15.5. The number of nitrogens with zero attached hydrogens (tertiary/aromatic N) is 4. The number of rotatable bonds is 3. The first-order chi connectivity index (χ1) is 10.6. The molecule has 1 saturated heterocycles. The molecule has 1 fully saturated rings. The summed E-state index contributed by atoms with van der Waals surface area (Å²) < 4.78 is 1.06. The Kier molecular flexibility index (Phi) is 4.59. The standard InChI is InChI=1S/C16H20BrN5/c1-12-11-15(19-14-5-3-13(17)4-6-14)20-16(18-12)22-9-7-21(2)8-10-22/h3-6,11H,7-10H2,1-2H3,(H,18,19,20). The molecular weight excluding hydrogens is 342 g/mol. The summed E-state index contributed by atoms with van der Waals surface area (Å²) in [5, 5.41) is 3.35. The molecule has 0 atom stereocenters. The molecule has 1 aliphatic heterocycles. The Morgan fingerprint density at radius 1 is 1.05 bits per heavy atom. The maximum absolute atomic E-state index is 4.67. The molecule has 2 aromatic rings.